The largest absolute Gasteiger partial charge is 0.491 e. The molecule has 7 heteroatoms. The van der Waals surface area contributed by atoms with E-state index in [1.54, 1.807) is 17.4 Å². The Morgan fingerprint density at radius 1 is 1.34 bits per heavy atom. The van der Waals surface area contributed by atoms with E-state index in [0.29, 0.717) is 26.2 Å². The first-order valence-electron chi connectivity index (χ1n) is 11.1. The van der Waals surface area contributed by atoms with E-state index in [-0.39, 0.29) is 24.5 Å². The van der Waals surface area contributed by atoms with Gasteiger partial charge in [-0.2, -0.15) is 0 Å². The predicted molar refractivity (Wildman–Crippen MR) is 129 cm³/mol. The lowest BCUT2D eigenvalue weighted by Gasteiger charge is -2.37. The van der Waals surface area contributed by atoms with E-state index in [9.17, 15) is 9.59 Å². The van der Waals surface area contributed by atoms with Crippen LogP contribution in [0.3, 0.4) is 0 Å². The summed E-state index contributed by atoms with van der Waals surface area (Å²) in [5.74, 6) is 0.752. The molecule has 0 unspecified atom stereocenters. The fraction of sp³-hybridized carbons (Fsp3) is 0.440. The molecule has 0 bridgehead atoms. The third-order valence-corrected chi connectivity index (χ3v) is 6.63. The number of nitrogens with zero attached hydrogens (tertiary/aromatic N) is 2. The maximum Gasteiger partial charge on any atom is 0.318 e. The Labute approximate surface area is 194 Å². The van der Waals surface area contributed by atoms with Gasteiger partial charge < -0.3 is 19.9 Å². The molecule has 6 nitrogen and oxygen atoms in total. The van der Waals surface area contributed by atoms with Crippen LogP contribution >= 0.6 is 11.3 Å². The number of thiophene rings is 1. The van der Waals surface area contributed by atoms with Gasteiger partial charge in [-0.25, -0.2) is 4.79 Å². The van der Waals surface area contributed by atoms with E-state index in [2.05, 4.69) is 36.3 Å². The van der Waals surface area contributed by atoms with Crippen molar-refractivity contribution < 1.29 is 14.3 Å². The highest BCUT2D eigenvalue weighted by Crippen LogP contribution is 2.34. The second kappa shape index (κ2) is 11.2. The average Bonchev–Trinajstić information content (AvgIpc) is 3.25. The topological polar surface area (TPSA) is 61.9 Å². The van der Waals surface area contributed by atoms with Gasteiger partial charge in [0.05, 0.1) is 6.04 Å². The first-order valence-corrected chi connectivity index (χ1v) is 12.0. The number of urea groups is 1. The van der Waals surface area contributed by atoms with Crippen LogP contribution in [0.5, 0.6) is 5.75 Å². The molecule has 1 aromatic heterocycles. The molecule has 2 heterocycles. The summed E-state index contributed by atoms with van der Waals surface area (Å²) in [5, 5.41) is 4.93. The minimum Gasteiger partial charge on any atom is -0.491 e. The third-order valence-electron chi connectivity index (χ3n) is 5.63. The normalized spacial score (nSPS) is 15.1. The van der Waals surface area contributed by atoms with E-state index in [1.807, 2.05) is 30.9 Å². The van der Waals surface area contributed by atoms with Crippen LogP contribution in [-0.2, 0) is 11.2 Å². The van der Waals surface area contributed by atoms with Crippen molar-refractivity contribution in [3.8, 4) is 5.75 Å². The van der Waals surface area contributed by atoms with E-state index in [0.717, 1.165) is 29.7 Å². The minimum absolute atomic E-state index is 0.0150. The molecule has 3 amide bonds. The highest BCUT2D eigenvalue weighted by Gasteiger charge is 2.33. The fourth-order valence-electron chi connectivity index (χ4n) is 3.98. The van der Waals surface area contributed by atoms with Crippen LogP contribution in [0.1, 0.15) is 41.0 Å². The van der Waals surface area contributed by atoms with Crippen LogP contribution < -0.4 is 10.1 Å². The summed E-state index contributed by atoms with van der Waals surface area (Å²) in [5.41, 5.74) is 3.41. The number of carbonyl (C=O) groups is 2. The van der Waals surface area contributed by atoms with Gasteiger partial charge in [0.25, 0.3) is 0 Å². The van der Waals surface area contributed by atoms with Crippen molar-refractivity contribution in [1.29, 1.82) is 0 Å². The van der Waals surface area contributed by atoms with E-state index in [4.69, 9.17) is 4.74 Å². The summed E-state index contributed by atoms with van der Waals surface area (Å²) < 4.78 is 6.19. The van der Waals surface area contributed by atoms with Gasteiger partial charge in [0.1, 0.15) is 18.9 Å². The number of carbonyl (C=O) groups excluding carboxylic acids is 2. The molecular formula is C25H33N3O3S. The van der Waals surface area contributed by atoms with Crippen LogP contribution in [-0.4, -0.2) is 54.5 Å². The highest BCUT2D eigenvalue weighted by atomic mass is 32.1. The lowest BCUT2D eigenvalue weighted by Crippen LogP contribution is -2.50. The number of rotatable bonds is 9. The highest BCUT2D eigenvalue weighted by molar-refractivity contribution is 7.10. The molecule has 3 rings (SSSR count). The second-order valence-corrected chi connectivity index (χ2v) is 9.13. The Morgan fingerprint density at radius 2 is 2.16 bits per heavy atom. The number of hydrogen-bond acceptors (Lipinski definition) is 4. The summed E-state index contributed by atoms with van der Waals surface area (Å²) in [6.07, 6.45) is 3.31. The molecular weight excluding hydrogens is 422 g/mol. The van der Waals surface area contributed by atoms with Gasteiger partial charge in [-0.3, -0.25) is 4.79 Å². The fourth-order valence-corrected chi connectivity index (χ4v) is 4.91. The van der Waals surface area contributed by atoms with Crippen molar-refractivity contribution in [2.45, 2.75) is 39.7 Å². The molecule has 2 aromatic rings. The number of amides is 3. The molecule has 0 fully saturated rings. The lowest BCUT2D eigenvalue weighted by molar-refractivity contribution is -0.135. The summed E-state index contributed by atoms with van der Waals surface area (Å²) in [4.78, 5) is 30.5. The summed E-state index contributed by atoms with van der Waals surface area (Å²) >= 11 is 1.72. The summed E-state index contributed by atoms with van der Waals surface area (Å²) in [7, 11) is 0. The van der Waals surface area contributed by atoms with Crippen LogP contribution in [0.2, 0.25) is 0 Å². The molecule has 0 saturated heterocycles. The molecule has 1 aliphatic rings. The molecule has 172 valence electrons. The van der Waals surface area contributed by atoms with Crippen molar-refractivity contribution in [1.82, 2.24) is 15.1 Å². The van der Waals surface area contributed by atoms with Gasteiger partial charge in [0.2, 0.25) is 5.91 Å². The predicted octanol–water partition coefficient (Wildman–Crippen LogP) is 4.48. The van der Waals surface area contributed by atoms with Crippen LogP contribution in [0, 0.1) is 13.8 Å². The van der Waals surface area contributed by atoms with Crippen molar-refractivity contribution in [2.24, 2.45) is 0 Å². The van der Waals surface area contributed by atoms with Crippen molar-refractivity contribution in [3.05, 3.63) is 63.9 Å². The third kappa shape index (κ3) is 5.71. The van der Waals surface area contributed by atoms with Crippen LogP contribution in [0.4, 0.5) is 4.79 Å². The van der Waals surface area contributed by atoms with Gasteiger partial charge in [-0.15, -0.1) is 17.9 Å². The average molecular weight is 456 g/mol. The zero-order valence-electron chi connectivity index (χ0n) is 19.2. The molecule has 0 aliphatic carbocycles. The Balaban J connectivity index is 1.76. The number of nitrogens with one attached hydrogen (secondary N) is 1. The first-order chi connectivity index (χ1) is 15.4. The minimum atomic E-state index is -0.239. The number of aryl methyl sites for hydroxylation is 2. The van der Waals surface area contributed by atoms with E-state index in [1.165, 1.54) is 15.3 Å². The van der Waals surface area contributed by atoms with E-state index < -0.39 is 0 Å². The smallest absolute Gasteiger partial charge is 0.318 e. The molecule has 0 radical (unpaired) electrons. The number of benzene rings is 1. The quantitative estimate of drug-likeness (QED) is 0.567. The Hall–Kier alpha value is -2.80. The van der Waals surface area contributed by atoms with Gasteiger partial charge >= 0.3 is 6.03 Å². The lowest BCUT2D eigenvalue weighted by atomic mass is 10.0. The van der Waals surface area contributed by atoms with E-state index >= 15 is 0 Å². The molecule has 32 heavy (non-hydrogen) atoms. The monoisotopic (exact) mass is 455 g/mol. The standard InChI is InChI=1S/C25H33N3O3S/c1-5-11-26-25(30)27(12-6-2)16-24(29)28-13-9-23-20(10-14-32-23)21(28)17-31-22-8-7-18(3)15-19(22)4/h6-8,10,14-15,21H,2,5,9,11-13,16-17H2,1,3-4H3,(H,26,30)/t21-/m0/s1. The van der Waals surface area contributed by atoms with Gasteiger partial charge in [-0.05, 0) is 55.3 Å². The van der Waals surface area contributed by atoms with Crippen molar-refractivity contribution in [2.75, 3.05) is 32.8 Å². The van der Waals surface area contributed by atoms with Gasteiger partial charge in [0.15, 0.2) is 0 Å². The molecule has 1 atom stereocenters. The van der Waals surface area contributed by atoms with Crippen LogP contribution in [0.15, 0.2) is 42.3 Å². The molecule has 1 aliphatic heterocycles. The number of hydrogen-bond donors (Lipinski definition) is 1. The SMILES string of the molecule is C=CCN(CC(=O)N1CCc2sccc2[C@@H]1COc1ccc(C)cc1C)C(=O)NCCC. The van der Waals surface area contributed by atoms with Crippen molar-refractivity contribution >= 4 is 23.3 Å². The molecule has 1 aromatic carbocycles. The Bertz CT molecular complexity index is 956. The second-order valence-electron chi connectivity index (χ2n) is 8.13. The Morgan fingerprint density at radius 3 is 2.88 bits per heavy atom. The Kier molecular flexibility index (Phi) is 8.33. The summed E-state index contributed by atoms with van der Waals surface area (Å²) in [6, 6.07) is 7.78. The van der Waals surface area contributed by atoms with Gasteiger partial charge in [0, 0.05) is 24.5 Å². The van der Waals surface area contributed by atoms with Gasteiger partial charge in [-0.1, -0.05) is 30.7 Å². The molecule has 1 N–H and O–H groups in total. The van der Waals surface area contributed by atoms with Crippen molar-refractivity contribution in [3.63, 3.8) is 0 Å². The maximum atomic E-state index is 13.3. The molecule has 0 saturated carbocycles. The zero-order valence-corrected chi connectivity index (χ0v) is 20.0. The summed E-state index contributed by atoms with van der Waals surface area (Å²) in [6.45, 7) is 11.7. The number of fused-ring (bicyclic) bond motifs is 1. The molecule has 0 spiro atoms. The zero-order chi connectivity index (χ0) is 23.1. The van der Waals surface area contributed by atoms with Crippen LogP contribution in [0.25, 0.3) is 0 Å². The maximum absolute atomic E-state index is 13.3. The first kappa shape index (κ1) is 23.9. The number of ether oxygens (including phenoxy) is 1.